The third-order valence-electron chi connectivity index (χ3n) is 6.96. The number of hydrogen-bond acceptors (Lipinski definition) is 8. The number of azo groups is 1. The number of rotatable bonds is 9. The standard InChI is InChI=1S/C27H35N3O6/c1-4-5-6-7-10-18-11-9-14-27(15-18)35-25(33)22(26(34)36-27)29-28-20-13-8-12-19-21(20)24(32)30(23(19)31)16-17(2)3/h8,12-13,17-18,33H,4-7,9-11,14-16H2,1-3H3/p-1. The summed E-state index contributed by atoms with van der Waals surface area (Å²) in [5.74, 6) is -3.42. The molecule has 2 unspecified atom stereocenters. The fourth-order valence-electron chi connectivity index (χ4n) is 5.25. The maximum atomic E-state index is 12.9. The highest BCUT2D eigenvalue weighted by molar-refractivity contribution is 6.23. The highest BCUT2D eigenvalue weighted by Gasteiger charge is 2.42. The molecule has 1 aromatic rings. The van der Waals surface area contributed by atoms with Gasteiger partial charge in [-0.3, -0.25) is 14.5 Å². The van der Waals surface area contributed by atoms with Crippen molar-refractivity contribution in [3.63, 3.8) is 0 Å². The number of fused-ring (bicyclic) bond motifs is 1. The molecular formula is C27H34N3O6-. The lowest BCUT2D eigenvalue weighted by atomic mass is 9.81. The van der Waals surface area contributed by atoms with E-state index in [0.717, 1.165) is 25.7 Å². The minimum Gasteiger partial charge on any atom is -0.573 e. The van der Waals surface area contributed by atoms with E-state index in [1.807, 2.05) is 13.8 Å². The number of esters is 1. The van der Waals surface area contributed by atoms with Gasteiger partial charge in [0.1, 0.15) is 0 Å². The number of hydrogen-bond donors (Lipinski definition) is 0. The van der Waals surface area contributed by atoms with Gasteiger partial charge in [0.25, 0.3) is 11.8 Å². The monoisotopic (exact) mass is 496 g/mol. The van der Waals surface area contributed by atoms with Crippen molar-refractivity contribution in [2.75, 3.05) is 6.54 Å². The van der Waals surface area contributed by atoms with E-state index in [0.29, 0.717) is 18.8 Å². The maximum absolute atomic E-state index is 12.9. The van der Waals surface area contributed by atoms with E-state index < -0.39 is 35.2 Å². The van der Waals surface area contributed by atoms with E-state index in [9.17, 15) is 19.5 Å². The smallest absolute Gasteiger partial charge is 0.362 e. The Morgan fingerprint density at radius 2 is 1.92 bits per heavy atom. The fraction of sp³-hybridized carbons (Fsp3) is 0.593. The molecule has 1 fully saturated rings. The second kappa shape index (κ2) is 10.8. The lowest BCUT2D eigenvalue weighted by Crippen LogP contribution is -2.47. The molecular weight excluding hydrogens is 462 g/mol. The van der Waals surface area contributed by atoms with E-state index in [-0.39, 0.29) is 29.3 Å². The summed E-state index contributed by atoms with van der Waals surface area (Å²) in [7, 11) is 0. The molecule has 3 aliphatic rings. The van der Waals surface area contributed by atoms with Crippen LogP contribution in [-0.2, 0) is 14.3 Å². The zero-order valence-corrected chi connectivity index (χ0v) is 21.2. The molecule has 194 valence electrons. The van der Waals surface area contributed by atoms with Crippen LogP contribution < -0.4 is 5.11 Å². The van der Waals surface area contributed by atoms with Gasteiger partial charge in [-0.1, -0.05) is 65.4 Å². The molecule has 2 heterocycles. The van der Waals surface area contributed by atoms with Crippen LogP contribution in [0.3, 0.4) is 0 Å². The van der Waals surface area contributed by atoms with Crippen LogP contribution in [0.5, 0.6) is 0 Å². The molecule has 1 aliphatic carbocycles. The van der Waals surface area contributed by atoms with E-state index in [1.165, 1.54) is 30.2 Å². The molecule has 2 aliphatic heterocycles. The van der Waals surface area contributed by atoms with E-state index in [4.69, 9.17) is 9.47 Å². The summed E-state index contributed by atoms with van der Waals surface area (Å²) in [5.41, 5.74) is -0.129. The van der Waals surface area contributed by atoms with Crippen molar-refractivity contribution in [3.05, 3.63) is 41.0 Å². The molecule has 0 N–H and O–H groups in total. The first-order valence-electron chi connectivity index (χ1n) is 13.0. The Labute approximate surface area is 211 Å². The largest absolute Gasteiger partial charge is 0.573 e. The summed E-state index contributed by atoms with van der Waals surface area (Å²) in [6.07, 6.45) is 8.48. The van der Waals surface area contributed by atoms with Gasteiger partial charge in [-0.05, 0) is 36.8 Å². The molecule has 2 atom stereocenters. The zero-order chi connectivity index (χ0) is 25.9. The number of imide groups is 1. The molecule has 1 aromatic carbocycles. The summed E-state index contributed by atoms with van der Waals surface area (Å²) >= 11 is 0. The minimum absolute atomic E-state index is 0.0997. The molecule has 0 radical (unpaired) electrons. The van der Waals surface area contributed by atoms with Gasteiger partial charge in [-0.15, -0.1) is 10.2 Å². The Morgan fingerprint density at radius 1 is 1.11 bits per heavy atom. The number of ether oxygens (including phenoxy) is 2. The first-order chi connectivity index (χ1) is 17.2. The highest BCUT2D eigenvalue weighted by atomic mass is 16.8. The van der Waals surface area contributed by atoms with Crippen LogP contribution in [0.15, 0.2) is 40.1 Å². The average Bonchev–Trinajstić information content (AvgIpc) is 3.06. The average molecular weight is 497 g/mol. The van der Waals surface area contributed by atoms with Gasteiger partial charge >= 0.3 is 5.97 Å². The van der Waals surface area contributed by atoms with Gasteiger partial charge in [0, 0.05) is 13.0 Å². The Morgan fingerprint density at radius 3 is 2.64 bits per heavy atom. The van der Waals surface area contributed by atoms with Crippen molar-refractivity contribution in [2.24, 2.45) is 22.1 Å². The molecule has 1 spiro atoms. The first kappa shape index (κ1) is 25.9. The Bertz CT molecular complexity index is 1090. The number of nitrogens with zero attached hydrogens (tertiary/aromatic N) is 3. The third-order valence-corrected chi connectivity index (χ3v) is 6.96. The van der Waals surface area contributed by atoms with Crippen LogP contribution in [0.25, 0.3) is 0 Å². The molecule has 9 heteroatoms. The van der Waals surface area contributed by atoms with Crippen molar-refractivity contribution in [3.8, 4) is 0 Å². The summed E-state index contributed by atoms with van der Waals surface area (Å²) in [5, 5.41) is 20.6. The molecule has 0 bridgehead atoms. The second-order valence-electron chi connectivity index (χ2n) is 10.4. The van der Waals surface area contributed by atoms with E-state index in [2.05, 4.69) is 17.2 Å². The van der Waals surface area contributed by atoms with Crippen molar-refractivity contribution in [1.29, 1.82) is 0 Å². The zero-order valence-electron chi connectivity index (χ0n) is 21.2. The Hall–Kier alpha value is -3.23. The van der Waals surface area contributed by atoms with Gasteiger partial charge in [0.05, 0.1) is 22.8 Å². The van der Waals surface area contributed by atoms with Crippen molar-refractivity contribution >= 4 is 23.5 Å². The lowest BCUT2D eigenvalue weighted by molar-refractivity contribution is -0.403. The maximum Gasteiger partial charge on any atom is 0.362 e. The van der Waals surface area contributed by atoms with Crippen LogP contribution in [0.1, 0.15) is 99.3 Å². The van der Waals surface area contributed by atoms with Crippen LogP contribution >= 0.6 is 0 Å². The highest BCUT2D eigenvalue weighted by Crippen LogP contribution is 2.42. The van der Waals surface area contributed by atoms with Gasteiger partial charge in [0.2, 0.25) is 0 Å². The van der Waals surface area contributed by atoms with Crippen molar-refractivity contribution in [1.82, 2.24) is 4.90 Å². The Balaban J connectivity index is 1.50. The first-order valence-corrected chi connectivity index (χ1v) is 13.0. The molecule has 2 amide bonds. The van der Waals surface area contributed by atoms with E-state index in [1.54, 1.807) is 12.1 Å². The second-order valence-corrected chi connectivity index (χ2v) is 10.4. The van der Waals surface area contributed by atoms with Gasteiger partial charge in [-0.2, -0.15) is 0 Å². The van der Waals surface area contributed by atoms with Gasteiger partial charge in [-0.25, -0.2) is 4.79 Å². The number of unbranched alkanes of at least 4 members (excludes halogenated alkanes) is 3. The molecule has 0 saturated heterocycles. The van der Waals surface area contributed by atoms with Crippen LogP contribution in [-0.4, -0.2) is 35.0 Å². The summed E-state index contributed by atoms with van der Waals surface area (Å²) in [4.78, 5) is 39.5. The predicted molar refractivity (Wildman–Crippen MR) is 129 cm³/mol. The van der Waals surface area contributed by atoms with Crippen LogP contribution in [0, 0.1) is 11.8 Å². The summed E-state index contributed by atoms with van der Waals surface area (Å²) < 4.78 is 11.3. The molecule has 36 heavy (non-hydrogen) atoms. The molecule has 4 rings (SSSR count). The van der Waals surface area contributed by atoms with Crippen molar-refractivity contribution in [2.45, 2.75) is 84.3 Å². The topological polar surface area (TPSA) is 121 Å². The molecule has 9 nitrogen and oxygen atoms in total. The number of benzene rings is 1. The summed E-state index contributed by atoms with van der Waals surface area (Å²) in [6.45, 7) is 6.27. The van der Waals surface area contributed by atoms with Crippen LogP contribution in [0.4, 0.5) is 5.69 Å². The fourth-order valence-corrected chi connectivity index (χ4v) is 5.25. The lowest BCUT2D eigenvalue weighted by Gasteiger charge is -2.48. The minimum atomic E-state index is -1.24. The number of carbonyl (C=O) groups excluding carboxylic acids is 3. The third kappa shape index (κ3) is 5.29. The van der Waals surface area contributed by atoms with Crippen LogP contribution in [0.2, 0.25) is 0 Å². The molecule has 1 saturated carbocycles. The summed E-state index contributed by atoms with van der Waals surface area (Å²) in [6, 6.07) is 4.64. The Kier molecular flexibility index (Phi) is 7.76. The SMILES string of the molecule is CCCCCCC1CCCC2(C1)OC(=O)C(N=Nc1cccc3c1C(=O)N(CC(C)C)C3=O)=C([O-])O2. The van der Waals surface area contributed by atoms with Gasteiger partial charge in [0.15, 0.2) is 11.5 Å². The normalized spacial score (nSPS) is 24.2. The number of carbonyl (C=O) groups is 3. The number of amides is 2. The predicted octanol–water partition coefficient (Wildman–Crippen LogP) is 4.98. The van der Waals surface area contributed by atoms with Gasteiger partial charge < -0.3 is 14.6 Å². The quantitative estimate of drug-likeness (QED) is 0.206. The molecule has 0 aromatic heterocycles. The van der Waals surface area contributed by atoms with Crippen molar-refractivity contribution < 1.29 is 29.0 Å². The van der Waals surface area contributed by atoms with E-state index >= 15 is 0 Å².